The van der Waals surface area contributed by atoms with Gasteiger partial charge in [0.05, 0.1) is 6.17 Å². The second kappa shape index (κ2) is 8.57. The molecule has 150 valence electrons. The molecule has 10 heteroatoms. The van der Waals surface area contributed by atoms with E-state index in [0.717, 1.165) is 11.1 Å². The summed E-state index contributed by atoms with van der Waals surface area (Å²) in [5.41, 5.74) is 9.33. The summed E-state index contributed by atoms with van der Waals surface area (Å²) in [6.07, 6.45) is -2.54. The maximum absolute atomic E-state index is 12.7. The van der Waals surface area contributed by atoms with E-state index in [1.54, 1.807) is 35.2 Å². The van der Waals surface area contributed by atoms with Gasteiger partial charge in [0, 0.05) is 18.7 Å². The van der Waals surface area contributed by atoms with Crippen molar-refractivity contribution >= 4 is 5.91 Å². The van der Waals surface area contributed by atoms with Crippen molar-refractivity contribution in [3.8, 4) is 5.75 Å². The van der Waals surface area contributed by atoms with Crippen molar-refractivity contribution in [2.75, 3.05) is 0 Å². The standard InChI is InChI=1S/C18H19F3N4O3/c19-17(20)28-13-3-1-2-10(6-13)8-25-9-12-5-4-11(7-14(12)16(25)26)15(22)23-18(27)24-21/h1-7,15,17-18,23-24,27H,8-9,22H2. The molecule has 3 rings (SSSR count). The first-order valence-electron chi connectivity index (χ1n) is 8.39. The third-order valence-electron chi connectivity index (χ3n) is 4.31. The van der Waals surface area contributed by atoms with Crippen LogP contribution in [-0.4, -0.2) is 28.9 Å². The molecule has 2 aromatic rings. The number of aliphatic hydroxyl groups excluding tert-OH is 1. The summed E-state index contributed by atoms with van der Waals surface area (Å²) in [6, 6.07) is 11.2. The van der Waals surface area contributed by atoms with Gasteiger partial charge in [-0.15, -0.1) is 10.0 Å². The molecule has 0 saturated carbocycles. The second-order valence-corrected chi connectivity index (χ2v) is 6.26. The Bertz CT molecular complexity index is 853. The first-order chi connectivity index (χ1) is 13.4. The van der Waals surface area contributed by atoms with Gasteiger partial charge in [-0.3, -0.25) is 10.1 Å². The summed E-state index contributed by atoms with van der Waals surface area (Å²) in [4.78, 5) is 14.3. The Morgan fingerprint density at radius 2 is 2.04 bits per heavy atom. The molecule has 0 bridgehead atoms. The molecule has 0 radical (unpaired) electrons. The predicted molar refractivity (Wildman–Crippen MR) is 93.4 cm³/mol. The van der Waals surface area contributed by atoms with Crippen LogP contribution in [0.5, 0.6) is 5.75 Å². The van der Waals surface area contributed by atoms with Crippen LogP contribution >= 0.6 is 0 Å². The second-order valence-electron chi connectivity index (χ2n) is 6.26. The third-order valence-corrected chi connectivity index (χ3v) is 4.31. The molecule has 1 amide bonds. The van der Waals surface area contributed by atoms with Crippen molar-refractivity contribution in [3.63, 3.8) is 0 Å². The first kappa shape index (κ1) is 20.1. The number of hydrogen-bond acceptors (Lipinski definition) is 6. The van der Waals surface area contributed by atoms with Crippen LogP contribution in [0.1, 0.15) is 33.2 Å². The van der Waals surface area contributed by atoms with Crippen molar-refractivity contribution in [1.29, 1.82) is 0 Å². The van der Waals surface area contributed by atoms with E-state index in [4.69, 9.17) is 5.73 Å². The Morgan fingerprint density at radius 1 is 1.25 bits per heavy atom. The normalized spacial score (nSPS) is 15.6. The van der Waals surface area contributed by atoms with Gasteiger partial charge >= 0.3 is 6.61 Å². The fourth-order valence-electron chi connectivity index (χ4n) is 3.04. The zero-order valence-corrected chi connectivity index (χ0v) is 14.6. The van der Waals surface area contributed by atoms with Gasteiger partial charge in [0.25, 0.3) is 5.91 Å². The molecular weight excluding hydrogens is 377 g/mol. The molecule has 7 nitrogen and oxygen atoms in total. The molecule has 2 unspecified atom stereocenters. The van der Waals surface area contributed by atoms with Crippen molar-refractivity contribution in [1.82, 2.24) is 15.8 Å². The number of nitrogens with zero attached hydrogens (tertiary/aromatic N) is 1. The van der Waals surface area contributed by atoms with Crippen LogP contribution < -0.4 is 21.3 Å². The van der Waals surface area contributed by atoms with E-state index in [1.807, 2.05) is 0 Å². The number of halogens is 3. The van der Waals surface area contributed by atoms with E-state index in [9.17, 15) is 23.2 Å². The maximum atomic E-state index is 12.7. The zero-order valence-electron chi connectivity index (χ0n) is 14.6. The van der Waals surface area contributed by atoms with Gasteiger partial charge < -0.3 is 20.5 Å². The van der Waals surface area contributed by atoms with Gasteiger partial charge in [0.1, 0.15) is 5.75 Å². The number of hydrogen-bond donors (Lipinski definition) is 4. The lowest BCUT2D eigenvalue weighted by molar-refractivity contribution is -0.0499. The van der Waals surface area contributed by atoms with Crippen LogP contribution in [0.4, 0.5) is 13.3 Å². The van der Waals surface area contributed by atoms with Crippen molar-refractivity contribution in [3.05, 3.63) is 64.7 Å². The summed E-state index contributed by atoms with van der Waals surface area (Å²) in [7, 11) is 0. The summed E-state index contributed by atoms with van der Waals surface area (Å²) in [5.74, 6) is -0.218. The summed E-state index contributed by atoms with van der Waals surface area (Å²) >= 11 is 0. The van der Waals surface area contributed by atoms with Crippen LogP contribution in [0, 0.1) is 0 Å². The highest BCUT2D eigenvalue weighted by Crippen LogP contribution is 2.27. The zero-order chi connectivity index (χ0) is 20.3. The molecule has 0 spiro atoms. The minimum Gasteiger partial charge on any atom is -0.435 e. The van der Waals surface area contributed by atoms with E-state index in [0.29, 0.717) is 23.2 Å². The minimum absolute atomic E-state index is 0.0241. The average molecular weight is 396 g/mol. The van der Waals surface area contributed by atoms with Crippen molar-refractivity contribution in [2.45, 2.75) is 32.2 Å². The Hall–Kier alpha value is -2.66. The molecule has 2 atom stereocenters. The molecular formula is C18H19F3N4O3. The van der Waals surface area contributed by atoms with Crippen LogP contribution in [0.25, 0.3) is 0 Å². The quantitative estimate of drug-likeness (QED) is 0.401. The molecule has 0 aromatic heterocycles. The molecule has 1 heterocycles. The minimum atomic E-state index is -2.92. The van der Waals surface area contributed by atoms with Crippen molar-refractivity contribution < 1.29 is 27.9 Å². The molecule has 1 aliphatic rings. The average Bonchev–Trinajstić information content (AvgIpc) is 2.96. The lowest BCUT2D eigenvalue weighted by atomic mass is 10.0. The Labute approximate surface area is 158 Å². The molecule has 0 fully saturated rings. The number of alkyl halides is 2. The number of carbonyl (C=O) groups is 1. The number of aliphatic hydroxyl groups is 1. The monoisotopic (exact) mass is 396 g/mol. The number of carbonyl (C=O) groups excluding carboxylic acids is 1. The van der Waals surface area contributed by atoms with Crippen LogP contribution in [-0.2, 0) is 13.1 Å². The highest BCUT2D eigenvalue weighted by molar-refractivity contribution is 5.98. The lowest BCUT2D eigenvalue weighted by Gasteiger charge is -2.17. The molecule has 0 saturated heterocycles. The van der Waals surface area contributed by atoms with E-state index >= 15 is 0 Å². The summed E-state index contributed by atoms with van der Waals surface area (Å²) in [6.45, 7) is -2.35. The van der Waals surface area contributed by atoms with Gasteiger partial charge in [-0.25, -0.2) is 0 Å². The SMILES string of the molecule is NC(NC(O)NF)c1ccc2c(c1)C(=O)N(Cc1cccc(OC(F)F)c1)C2. The number of rotatable bonds is 8. The van der Waals surface area contributed by atoms with Crippen LogP contribution in [0.3, 0.4) is 0 Å². The number of nitrogens with one attached hydrogen (secondary N) is 2. The molecule has 0 aliphatic carbocycles. The van der Waals surface area contributed by atoms with Gasteiger partial charge in [-0.05, 0) is 34.9 Å². The Kier molecular flexibility index (Phi) is 6.15. The van der Waals surface area contributed by atoms with Crippen molar-refractivity contribution in [2.24, 2.45) is 5.73 Å². The molecule has 1 aliphatic heterocycles. The molecule has 5 N–H and O–H groups in total. The molecule has 28 heavy (non-hydrogen) atoms. The first-order valence-corrected chi connectivity index (χ1v) is 8.39. The van der Waals surface area contributed by atoms with E-state index < -0.39 is 19.1 Å². The van der Waals surface area contributed by atoms with Gasteiger partial charge in [-0.2, -0.15) is 8.78 Å². The fourth-order valence-corrected chi connectivity index (χ4v) is 3.04. The summed E-state index contributed by atoms with van der Waals surface area (Å²) < 4.78 is 41.3. The number of amides is 1. The van der Waals surface area contributed by atoms with Gasteiger partial charge in [-0.1, -0.05) is 24.3 Å². The number of benzene rings is 2. The Morgan fingerprint density at radius 3 is 2.75 bits per heavy atom. The predicted octanol–water partition coefficient (Wildman–Crippen LogP) is 1.74. The van der Waals surface area contributed by atoms with Gasteiger partial charge in [0.2, 0.25) is 0 Å². The lowest BCUT2D eigenvalue weighted by Crippen LogP contribution is -2.43. The third kappa shape index (κ3) is 4.60. The smallest absolute Gasteiger partial charge is 0.387 e. The fraction of sp³-hybridized carbons (Fsp3) is 0.278. The number of fused-ring (bicyclic) bond motifs is 1. The highest BCUT2D eigenvalue weighted by Gasteiger charge is 2.28. The largest absolute Gasteiger partial charge is 0.435 e. The van der Waals surface area contributed by atoms with E-state index in [1.165, 1.54) is 12.1 Å². The Balaban J connectivity index is 1.72. The topological polar surface area (TPSA) is 99.8 Å². The highest BCUT2D eigenvalue weighted by atomic mass is 19.3. The maximum Gasteiger partial charge on any atom is 0.387 e. The van der Waals surface area contributed by atoms with Crippen LogP contribution in [0.2, 0.25) is 0 Å². The number of ether oxygens (including phenoxy) is 1. The number of nitrogens with two attached hydrogens (primary N) is 1. The molecule has 2 aromatic carbocycles. The summed E-state index contributed by atoms with van der Waals surface area (Å²) in [5, 5.41) is 11.6. The van der Waals surface area contributed by atoms with Crippen LogP contribution in [0.15, 0.2) is 42.5 Å². The van der Waals surface area contributed by atoms with Gasteiger partial charge in [0.15, 0.2) is 6.35 Å². The van der Waals surface area contributed by atoms with E-state index in [2.05, 4.69) is 10.1 Å². The van der Waals surface area contributed by atoms with E-state index in [-0.39, 0.29) is 18.2 Å².